The van der Waals surface area contributed by atoms with E-state index in [9.17, 15) is 9.90 Å². The molecular formula is C11H9NO4. The molecule has 2 rings (SSSR count). The van der Waals surface area contributed by atoms with Gasteiger partial charge in [-0.05, 0) is 12.1 Å². The van der Waals surface area contributed by atoms with E-state index >= 15 is 0 Å². The molecule has 16 heavy (non-hydrogen) atoms. The van der Waals surface area contributed by atoms with E-state index in [0.717, 1.165) is 0 Å². The number of phenolic OH excluding ortho intramolecular Hbond substituents is 1. The molecule has 5 heteroatoms. The van der Waals surface area contributed by atoms with Gasteiger partial charge in [0.05, 0.1) is 17.7 Å². The van der Waals surface area contributed by atoms with Crippen LogP contribution in [0, 0.1) is 0 Å². The van der Waals surface area contributed by atoms with Crippen molar-refractivity contribution in [3.8, 4) is 17.2 Å². The average molecular weight is 219 g/mol. The molecule has 0 spiro atoms. The maximum atomic E-state index is 10.5. The van der Waals surface area contributed by atoms with E-state index < -0.39 is 5.97 Å². The highest BCUT2D eigenvalue weighted by atomic mass is 16.4. The minimum absolute atomic E-state index is 0.0474. The van der Waals surface area contributed by atoms with Gasteiger partial charge in [0.25, 0.3) is 0 Å². The number of hydrogen-bond donors (Lipinski definition) is 2. The van der Waals surface area contributed by atoms with Gasteiger partial charge >= 0.3 is 5.97 Å². The predicted molar refractivity (Wildman–Crippen MR) is 54.9 cm³/mol. The van der Waals surface area contributed by atoms with Gasteiger partial charge in [-0.1, -0.05) is 12.1 Å². The van der Waals surface area contributed by atoms with E-state index in [1.54, 1.807) is 18.2 Å². The molecule has 82 valence electrons. The first-order valence-corrected chi connectivity index (χ1v) is 4.61. The fourth-order valence-electron chi connectivity index (χ4n) is 1.32. The highest BCUT2D eigenvalue weighted by Gasteiger charge is 2.11. The summed E-state index contributed by atoms with van der Waals surface area (Å²) >= 11 is 0. The molecule has 0 aliphatic heterocycles. The largest absolute Gasteiger partial charge is 0.507 e. The normalized spacial score (nSPS) is 10.2. The number of carboxylic acids is 1. The molecule has 0 fully saturated rings. The number of para-hydroxylation sites is 1. The lowest BCUT2D eigenvalue weighted by molar-refractivity contribution is -0.136. The summed E-state index contributed by atoms with van der Waals surface area (Å²) in [5.41, 5.74) is 0.768. The maximum absolute atomic E-state index is 10.5. The third-order valence-corrected chi connectivity index (χ3v) is 2.02. The van der Waals surface area contributed by atoms with Gasteiger partial charge in [0.2, 0.25) is 5.89 Å². The zero-order valence-electron chi connectivity index (χ0n) is 8.25. The Morgan fingerprint density at radius 2 is 2.12 bits per heavy atom. The van der Waals surface area contributed by atoms with Crippen molar-refractivity contribution in [2.45, 2.75) is 6.42 Å². The van der Waals surface area contributed by atoms with Gasteiger partial charge in [0.1, 0.15) is 12.0 Å². The molecule has 0 saturated carbocycles. The van der Waals surface area contributed by atoms with E-state index in [1.807, 2.05) is 0 Å². The Balaban J connectivity index is 2.32. The standard InChI is InChI=1S/C11H9NO4/c13-9-4-2-1-3-8(9)11-12-7(6-16-11)5-10(14)15/h1-4,6,13H,5H2,(H,14,15). The van der Waals surface area contributed by atoms with E-state index in [-0.39, 0.29) is 18.1 Å². The van der Waals surface area contributed by atoms with Crippen molar-refractivity contribution in [3.05, 3.63) is 36.2 Å². The quantitative estimate of drug-likeness (QED) is 0.820. The first kappa shape index (κ1) is 10.2. The van der Waals surface area contributed by atoms with Gasteiger partial charge in [-0.15, -0.1) is 0 Å². The molecule has 5 nitrogen and oxygen atoms in total. The van der Waals surface area contributed by atoms with Crippen molar-refractivity contribution < 1.29 is 19.4 Å². The first-order valence-electron chi connectivity index (χ1n) is 4.61. The molecule has 2 aromatic rings. The smallest absolute Gasteiger partial charge is 0.309 e. The summed E-state index contributed by atoms with van der Waals surface area (Å²) < 4.78 is 5.10. The summed E-state index contributed by atoms with van der Waals surface area (Å²) in [7, 11) is 0. The first-order chi connectivity index (χ1) is 7.66. The van der Waals surface area contributed by atoms with Crippen LogP contribution < -0.4 is 0 Å². The van der Waals surface area contributed by atoms with Crippen molar-refractivity contribution in [3.63, 3.8) is 0 Å². The van der Waals surface area contributed by atoms with Crippen LogP contribution >= 0.6 is 0 Å². The number of carboxylic acid groups (broad SMARTS) is 1. The summed E-state index contributed by atoms with van der Waals surface area (Å²) in [5.74, 6) is -0.710. The Morgan fingerprint density at radius 1 is 1.38 bits per heavy atom. The molecule has 1 aromatic heterocycles. The van der Waals surface area contributed by atoms with E-state index in [4.69, 9.17) is 9.52 Å². The van der Waals surface area contributed by atoms with Gasteiger partial charge in [-0.2, -0.15) is 0 Å². The van der Waals surface area contributed by atoms with Crippen LogP contribution in [-0.2, 0) is 11.2 Å². The average Bonchev–Trinajstić information content (AvgIpc) is 2.66. The summed E-state index contributed by atoms with van der Waals surface area (Å²) in [6.45, 7) is 0. The minimum Gasteiger partial charge on any atom is -0.507 e. The van der Waals surface area contributed by atoms with E-state index in [0.29, 0.717) is 11.3 Å². The zero-order chi connectivity index (χ0) is 11.5. The number of aromatic hydroxyl groups is 1. The van der Waals surface area contributed by atoms with Crippen LogP contribution in [0.3, 0.4) is 0 Å². The van der Waals surface area contributed by atoms with Crippen LogP contribution in [0.1, 0.15) is 5.69 Å². The number of carbonyl (C=O) groups is 1. The highest BCUT2D eigenvalue weighted by molar-refractivity contribution is 5.70. The van der Waals surface area contributed by atoms with Crippen molar-refractivity contribution in [2.24, 2.45) is 0 Å². The third kappa shape index (κ3) is 2.03. The van der Waals surface area contributed by atoms with Gasteiger partial charge < -0.3 is 14.6 Å². The molecule has 0 atom stereocenters. The topological polar surface area (TPSA) is 83.6 Å². The monoisotopic (exact) mass is 219 g/mol. The SMILES string of the molecule is O=C(O)Cc1coc(-c2ccccc2O)n1. The Kier molecular flexibility index (Phi) is 2.59. The Hall–Kier alpha value is -2.30. The van der Waals surface area contributed by atoms with Gasteiger partial charge in [0, 0.05) is 0 Å². The zero-order valence-corrected chi connectivity index (χ0v) is 8.25. The second kappa shape index (κ2) is 4.06. The molecule has 0 aliphatic carbocycles. The lowest BCUT2D eigenvalue weighted by Crippen LogP contribution is -1.99. The fraction of sp³-hybridized carbons (Fsp3) is 0.0909. The Bertz CT molecular complexity index is 518. The number of oxazole rings is 1. The van der Waals surface area contributed by atoms with Crippen LogP contribution in [0.2, 0.25) is 0 Å². The molecule has 0 amide bonds. The lowest BCUT2D eigenvalue weighted by Gasteiger charge is -1.97. The van der Waals surface area contributed by atoms with Crippen LogP contribution in [0.4, 0.5) is 0 Å². The van der Waals surface area contributed by atoms with Gasteiger partial charge in [0.15, 0.2) is 0 Å². The molecule has 1 heterocycles. The molecule has 0 radical (unpaired) electrons. The van der Waals surface area contributed by atoms with Crippen LogP contribution in [0.25, 0.3) is 11.5 Å². The summed E-state index contributed by atoms with van der Waals surface area (Å²) in [6.07, 6.45) is 1.08. The molecule has 2 N–H and O–H groups in total. The van der Waals surface area contributed by atoms with Crippen molar-refractivity contribution in [2.75, 3.05) is 0 Å². The minimum atomic E-state index is -0.975. The van der Waals surface area contributed by atoms with Gasteiger partial charge in [-0.25, -0.2) is 4.98 Å². The second-order valence-corrected chi connectivity index (χ2v) is 3.23. The molecule has 1 aromatic carbocycles. The summed E-state index contributed by atoms with van der Waals surface area (Å²) in [5, 5.41) is 18.1. The van der Waals surface area contributed by atoms with Crippen molar-refractivity contribution >= 4 is 5.97 Å². The van der Waals surface area contributed by atoms with E-state index in [2.05, 4.69) is 4.98 Å². The lowest BCUT2D eigenvalue weighted by atomic mass is 10.2. The summed E-state index contributed by atoms with van der Waals surface area (Å²) in [6, 6.07) is 6.57. The fourth-order valence-corrected chi connectivity index (χ4v) is 1.32. The van der Waals surface area contributed by atoms with Crippen LogP contribution in [0.15, 0.2) is 34.9 Å². The van der Waals surface area contributed by atoms with Crippen LogP contribution in [0.5, 0.6) is 5.75 Å². The van der Waals surface area contributed by atoms with Crippen molar-refractivity contribution in [1.82, 2.24) is 4.98 Å². The molecule has 0 aliphatic rings. The van der Waals surface area contributed by atoms with Crippen molar-refractivity contribution in [1.29, 1.82) is 0 Å². The van der Waals surface area contributed by atoms with Crippen LogP contribution in [-0.4, -0.2) is 21.2 Å². The maximum Gasteiger partial charge on any atom is 0.309 e. The molecule has 0 saturated heterocycles. The summed E-state index contributed by atoms with van der Waals surface area (Å²) in [4.78, 5) is 14.4. The Morgan fingerprint density at radius 3 is 2.81 bits per heavy atom. The number of aromatic nitrogens is 1. The third-order valence-electron chi connectivity index (χ3n) is 2.02. The number of hydrogen-bond acceptors (Lipinski definition) is 4. The van der Waals surface area contributed by atoms with E-state index in [1.165, 1.54) is 12.3 Å². The molecule has 0 unspecified atom stereocenters. The van der Waals surface area contributed by atoms with Gasteiger partial charge in [-0.3, -0.25) is 4.79 Å². The number of aliphatic carboxylic acids is 1. The predicted octanol–water partition coefficient (Wildman–Crippen LogP) is 1.67. The highest BCUT2D eigenvalue weighted by Crippen LogP contribution is 2.27. The molecular weight excluding hydrogens is 210 g/mol. The Labute approximate surface area is 91.0 Å². The molecule has 0 bridgehead atoms. The number of rotatable bonds is 3. The number of benzene rings is 1. The number of nitrogens with zero attached hydrogens (tertiary/aromatic N) is 1. The number of phenols is 1. The second-order valence-electron chi connectivity index (χ2n) is 3.23.